The van der Waals surface area contributed by atoms with E-state index in [-0.39, 0.29) is 6.04 Å². The van der Waals surface area contributed by atoms with Gasteiger partial charge in [-0.05, 0) is 26.0 Å². The molecule has 1 rings (SSSR count). The van der Waals surface area contributed by atoms with Gasteiger partial charge in [0.25, 0.3) is 0 Å². The molecule has 0 heterocycles. The average Bonchev–Trinajstić information content (AvgIpc) is 2.18. The number of methoxy groups -OCH3 is 1. The third-order valence-electron chi connectivity index (χ3n) is 2.07. The summed E-state index contributed by atoms with van der Waals surface area (Å²) < 4.78 is 11.8. The van der Waals surface area contributed by atoms with Gasteiger partial charge < -0.3 is 15.2 Å². The Kier molecular flexibility index (Phi) is 4.42. The lowest BCUT2D eigenvalue weighted by atomic mass is 10.1. The molecule has 0 aliphatic carbocycles. The van der Waals surface area contributed by atoms with Crippen LogP contribution in [0.5, 0.6) is 11.5 Å². The third kappa shape index (κ3) is 2.63. The first-order chi connectivity index (χ1) is 7.11. The first-order valence-corrected chi connectivity index (χ1v) is 5.65. The molecule has 0 saturated carbocycles. The molecule has 0 aliphatic heterocycles. The van der Waals surface area contributed by atoms with Gasteiger partial charge in [0.2, 0.25) is 0 Å². The molecule has 1 unspecified atom stereocenters. The molecule has 15 heavy (non-hydrogen) atoms. The van der Waals surface area contributed by atoms with Gasteiger partial charge in [-0.15, -0.1) is 0 Å². The number of hydrogen-bond acceptors (Lipinski definition) is 3. The van der Waals surface area contributed by atoms with Crippen molar-refractivity contribution >= 4 is 15.9 Å². The maximum absolute atomic E-state index is 5.90. The molecule has 0 saturated heterocycles. The van der Waals surface area contributed by atoms with Crippen molar-refractivity contribution in [1.29, 1.82) is 0 Å². The molecule has 2 N–H and O–H groups in total. The molecule has 4 heteroatoms. The fourth-order valence-electron chi connectivity index (χ4n) is 1.43. The minimum Gasteiger partial charge on any atom is -0.493 e. The summed E-state index contributed by atoms with van der Waals surface area (Å²) in [6.07, 6.45) is 0. The highest BCUT2D eigenvalue weighted by molar-refractivity contribution is 9.10. The molecule has 0 radical (unpaired) electrons. The Morgan fingerprint density at radius 1 is 1.47 bits per heavy atom. The predicted molar refractivity (Wildman–Crippen MR) is 64.5 cm³/mol. The second-order valence-corrected chi connectivity index (χ2v) is 4.07. The smallest absolute Gasteiger partial charge is 0.167 e. The van der Waals surface area contributed by atoms with Crippen LogP contribution in [0.3, 0.4) is 0 Å². The molecule has 1 aromatic rings. The zero-order valence-corrected chi connectivity index (χ0v) is 10.8. The van der Waals surface area contributed by atoms with Crippen molar-refractivity contribution in [3.05, 3.63) is 22.2 Å². The molecule has 0 aliphatic rings. The van der Waals surface area contributed by atoms with Crippen molar-refractivity contribution in [2.75, 3.05) is 13.7 Å². The van der Waals surface area contributed by atoms with Crippen LogP contribution in [-0.2, 0) is 0 Å². The maximum atomic E-state index is 5.90. The standard InChI is InChI=1S/C11H16BrNO2/c1-4-15-11-9(14-3)6-5-8(12)10(11)7(2)13/h5-7H,4,13H2,1-3H3. The van der Waals surface area contributed by atoms with E-state index < -0.39 is 0 Å². The van der Waals surface area contributed by atoms with Gasteiger partial charge in [-0.1, -0.05) is 15.9 Å². The molecule has 0 bridgehead atoms. The van der Waals surface area contributed by atoms with Crippen LogP contribution in [0.4, 0.5) is 0 Å². The van der Waals surface area contributed by atoms with Crippen LogP contribution in [0.15, 0.2) is 16.6 Å². The van der Waals surface area contributed by atoms with Crippen LogP contribution in [0, 0.1) is 0 Å². The molecule has 1 aromatic carbocycles. The van der Waals surface area contributed by atoms with Gasteiger partial charge in [0, 0.05) is 16.1 Å². The lowest BCUT2D eigenvalue weighted by Gasteiger charge is -2.17. The monoisotopic (exact) mass is 273 g/mol. The summed E-state index contributed by atoms with van der Waals surface area (Å²) in [6, 6.07) is 3.68. The highest BCUT2D eigenvalue weighted by Crippen LogP contribution is 2.39. The van der Waals surface area contributed by atoms with Crippen LogP contribution in [0.2, 0.25) is 0 Å². The number of benzene rings is 1. The van der Waals surface area contributed by atoms with E-state index in [1.165, 1.54) is 0 Å². The Morgan fingerprint density at radius 3 is 2.60 bits per heavy atom. The van der Waals surface area contributed by atoms with E-state index in [2.05, 4.69) is 15.9 Å². The van der Waals surface area contributed by atoms with Gasteiger partial charge in [-0.25, -0.2) is 0 Å². The highest BCUT2D eigenvalue weighted by Gasteiger charge is 2.16. The minimum absolute atomic E-state index is 0.101. The fourth-order valence-corrected chi connectivity index (χ4v) is 2.11. The third-order valence-corrected chi connectivity index (χ3v) is 2.76. The van der Waals surface area contributed by atoms with Crippen molar-refractivity contribution in [1.82, 2.24) is 0 Å². The van der Waals surface area contributed by atoms with Crippen LogP contribution in [0.1, 0.15) is 25.5 Å². The topological polar surface area (TPSA) is 44.5 Å². The summed E-state index contributed by atoms with van der Waals surface area (Å²) in [5.74, 6) is 1.44. The van der Waals surface area contributed by atoms with E-state index in [1.807, 2.05) is 26.0 Å². The molecule has 0 spiro atoms. The highest BCUT2D eigenvalue weighted by atomic mass is 79.9. The van der Waals surface area contributed by atoms with Crippen molar-refractivity contribution in [3.8, 4) is 11.5 Å². The Hall–Kier alpha value is -0.740. The van der Waals surface area contributed by atoms with Crippen LogP contribution < -0.4 is 15.2 Å². The van der Waals surface area contributed by atoms with E-state index in [0.29, 0.717) is 12.4 Å². The Labute approximate surface area is 98.7 Å². The molecular formula is C11H16BrNO2. The van der Waals surface area contributed by atoms with E-state index in [9.17, 15) is 0 Å². The number of ether oxygens (including phenoxy) is 2. The van der Waals surface area contributed by atoms with Crippen LogP contribution in [-0.4, -0.2) is 13.7 Å². The average molecular weight is 274 g/mol. The summed E-state index contributed by atoms with van der Waals surface area (Å²) >= 11 is 3.47. The van der Waals surface area contributed by atoms with Crippen molar-refractivity contribution in [2.24, 2.45) is 5.73 Å². The molecule has 0 aromatic heterocycles. The van der Waals surface area contributed by atoms with Gasteiger partial charge in [0.1, 0.15) is 0 Å². The molecular weight excluding hydrogens is 258 g/mol. The normalized spacial score (nSPS) is 12.3. The summed E-state index contributed by atoms with van der Waals surface area (Å²) in [5.41, 5.74) is 6.84. The molecule has 1 atom stereocenters. The first kappa shape index (κ1) is 12.3. The summed E-state index contributed by atoms with van der Waals surface area (Å²) in [7, 11) is 1.62. The van der Waals surface area contributed by atoms with Gasteiger partial charge in [-0.2, -0.15) is 0 Å². The van der Waals surface area contributed by atoms with Gasteiger partial charge in [0.15, 0.2) is 11.5 Å². The molecule has 84 valence electrons. The van der Waals surface area contributed by atoms with E-state index in [4.69, 9.17) is 15.2 Å². The fraction of sp³-hybridized carbons (Fsp3) is 0.455. The zero-order valence-electron chi connectivity index (χ0n) is 9.21. The molecule has 3 nitrogen and oxygen atoms in total. The largest absolute Gasteiger partial charge is 0.493 e. The van der Waals surface area contributed by atoms with Crippen LogP contribution in [0.25, 0.3) is 0 Å². The zero-order chi connectivity index (χ0) is 11.4. The summed E-state index contributed by atoms with van der Waals surface area (Å²) in [5, 5.41) is 0. The van der Waals surface area contributed by atoms with Crippen molar-refractivity contribution < 1.29 is 9.47 Å². The number of nitrogens with two attached hydrogens (primary N) is 1. The second kappa shape index (κ2) is 5.37. The summed E-state index contributed by atoms with van der Waals surface area (Å²) in [4.78, 5) is 0. The van der Waals surface area contributed by atoms with Gasteiger partial charge >= 0.3 is 0 Å². The number of hydrogen-bond donors (Lipinski definition) is 1. The van der Waals surface area contributed by atoms with Crippen LogP contribution >= 0.6 is 15.9 Å². The predicted octanol–water partition coefficient (Wildman–Crippen LogP) is 2.88. The van der Waals surface area contributed by atoms with E-state index in [1.54, 1.807) is 7.11 Å². The van der Waals surface area contributed by atoms with E-state index >= 15 is 0 Å². The Morgan fingerprint density at radius 2 is 2.13 bits per heavy atom. The molecule has 0 amide bonds. The van der Waals surface area contributed by atoms with Crippen molar-refractivity contribution in [3.63, 3.8) is 0 Å². The minimum atomic E-state index is -0.101. The maximum Gasteiger partial charge on any atom is 0.167 e. The molecule has 0 fully saturated rings. The summed E-state index contributed by atoms with van der Waals surface area (Å²) in [6.45, 7) is 4.44. The number of halogens is 1. The second-order valence-electron chi connectivity index (χ2n) is 3.21. The van der Waals surface area contributed by atoms with Crippen molar-refractivity contribution in [2.45, 2.75) is 19.9 Å². The van der Waals surface area contributed by atoms with Gasteiger partial charge in [-0.3, -0.25) is 0 Å². The SMILES string of the molecule is CCOc1c(OC)ccc(Br)c1C(C)N. The quantitative estimate of drug-likeness (QED) is 0.918. The first-order valence-electron chi connectivity index (χ1n) is 4.86. The lowest BCUT2D eigenvalue weighted by molar-refractivity contribution is 0.306. The Bertz CT molecular complexity index is 340. The Balaban J connectivity index is 3.30. The van der Waals surface area contributed by atoms with Gasteiger partial charge in [0.05, 0.1) is 13.7 Å². The number of rotatable bonds is 4. The van der Waals surface area contributed by atoms with E-state index in [0.717, 1.165) is 15.8 Å². The lowest BCUT2D eigenvalue weighted by Crippen LogP contribution is -2.10.